The Morgan fingerprint density at radius 1 is 1.21 bits per heavy atom. The van der Waals surface area contributed by atoms with Crippen LogP contribution < -0.4 is 5.32 Å². The molecule has 2 rings (SSSR count). The van der Waals surface area contributed by atoms with E-state index in [1.807, 2.05) is 0 Å². The van der Waals surface area contributed by atoms with Crippen LogP contribution in [-0.2, 0) is 0 Å². The number of fused-ring (bicyclic) bond motifs is 1. The van der Waals surface area contributed by atoms with Gasteiger partial charge >= 0.3 is 0 Å². The molecular formula is C12H26N2. The number of hydrogen-bond donors (Lipinski definition) is 1. The van der Waals surface area contributed by atoms with Crippen LogP contribution in [0, 0.1) is 5.92 Å². The van der Waals surface area contributed by atoms with Crippen LogP contribution in [0.2, 0.25) is 0 Å². The second kappa shape index (κ2) is 5.13. The zero-order valence-electron chi connectivity index (χ0n) is 8.92. The van der Waals surface area contributed by atoms with Gasteiger partial charge in [0.15, 0.2) is 0 Å². The zero-order valence-corrected chi connectivity index (χ0v) is 8.92. The van der Waals surface area contributed by atoms with Gasteiger partial charge in [0.1, 0.15) is 0 Å². The van der Waals surface area contributed by atoms with Crippen molar-refractivity contribution in [3.63, 3.8) is 0 Å². The van der Waals surface area contributed by atoms with Crippen LogP contribution in [0.15, 0.2) is 0 Å². The summed E-state index contributed by atoms with van der Waals surface area (Å²) in [6.45, 7) is 4.90. The Hall–Kier alpha value is -0.0800. The Morgan fingerprint density at radius 3 is 2.79 bits per heavy atom. The van der Waals surface area contributed by atoms with Gasteiger partial charge in [-0.2, -0.15) is 0 Å². The molecule has 2 fully saturated rings. The molecule has 0 aromatic heterocycles. The molecule has 2 saturated heterocycles. The van der Waals surface area contributed by atoms with Crippen LogP contribution in [0.4, 0.5) is 0 Å². The lowest BCUT2D eigenvalue weighted by Gasteiger charge is -2.38. The summed E-state index contributed by atoms with van der Waals surface area (Å²) in [6, 6.07) is 1.60. The molecule has 14 heavy (non-hydrogen) atoms. The first-order valence-electron chi connectivity index (χ1n) is 5.71. The molecular weight excluding hydrogens is 172 g/mol. The molecule has 0 aromatic carbocycles. The van der Waals surface area contributed by atoms with Crippen LogP contribution in [-0.4, -0.2) is 37.1 Å². The molecule has 0 aromatic rings. The van der Waals surface area contributed by atoms with Crippen LogP contribution in [0.3, 0.4) is 0 Å². The first-order valence-corrected chi connectivity index (χ1v) is 5.71. The summed E-state index contributed by atoms with van der Waals surface area (Å²) in [7, 11) is 2.29. The van der Waals surface area contributed by atoms with Crippen molar-refractivity contribution in [3.05, 3.63) is 0 Å². The minimum atomic E-state index is 0. The van der Waals surface area contributed by atoms with Crippen molar-refractivity contribution < 1.29 is 0 Å². The van der Waals surface area contributed by atoms with Crippen LogP contribution in [0.5, 0.6) is 0 Å². The number of nitrogens with zero attached hydrogens (tertiary/aromatic N) is 1. The summed E-state index contributed by atoms with van der Waals surface area (Å²) in [5.41, 5.74) is 0. The molecule has 3 atom stereocenters. The quantitative estimate of drug-likeness (QED) is 0.641. The van der Waals surface area contributed by atoms with Crippen molar-refractivity contribution >= 4 is 0 Å². The highest BCUT2D eigenvalue weighted by molar-refractivity contribution is 4.90. The second-order valence-electron chi connectivity index (χ2n) is 4.89. The third-order valence-corrected chi connectivity index (χ3v) is 3.74. The molecule has 0 bridgehead atoms. The highest BCUT2D eigenvalue weighted by atomic mass is 15.2. The molecule has 0 radical (unpaired) electrons. The lowest BCUT2D eigenvalue weighted by Crippen LogP contribution is -2.51. The number of rotatable bonds is 0. The Labute approximate surface area is 89.1 Å². The molecule has 0 amide bonds. The molecule has 3 unspecified atom stereocenters. The van der Waals surface area contributed by atoms with E-state index in [4.69, 9.17) is 0 Å². The molecule has 2 aliphatic rings. The number of likely N-dealkylation sites (tertiary alicyclic amines) is 1. The summed E-state index contributed by atoms with van der Waals surface area (Å²) < 4.78 is 0. The van der Waals surface area contributed by atoms with Gasteiger partial charge in [-0.1, -0.05) is 14.4 Å². The smallest absolute Gasteiger partial charge is 0.0246 e. The van der Waals surface area contributed by atoms with Gasteiger partial charge in [0, 0.05) is 12.1 Å². The molecule has 2 nitrogen and oxygen atoms in total. The lowest BCUT2D eigenvalue weighted by atomic mass is 9.93. The molecule has 0 saturated carbocycles. The van der Waals surface area contributed by atoms with E-state index < -0.39 is 0 Å². The molecule has 0 spiro atoms. The Balaban J connectivity index is 0.000000980. The van der Waals surface area contributed by atoms with Gasteiger partial charge in [-0.15, -0.1) is 0 Å². The Morgan fingerprint density at radius 2 is 2.00 bits per heavy atom. The van der Waals surface area contributed by atoms with E-state index in [9.17, 15) is 0 Å². The summed E-state index contributed by atoms with van der Waals surface area (Å²) in [5, 5.41) is 3.72. The molecule has 0 aliphatic carbocycles. The van der Waals surface area contributed by atoms with Crippen molar-refractivity contribution in [1.82, 2.24) is 10.2 Å². The van der Waals surface area contributed by atoms with Gasteiger partial charge in [0.05, 0.1) is 0 Å². The third-order valence-electron chi connectivity index (χ3n) is 3.74. The average Bonchev–Trinajstić information content (AvgIpc) is 2.30. The number of likely N-dealkylation sites (N-methyl/N-ethyl adjacent to an activating group) is 1. The van der Waals surface area contributed by atoms with Crippen molar-refractivity contribution in [3.8, 4) is 0 Å². The van der Waals surface area contributed by atoms with E-state index in [-0.39, 0.29) is 7.43 Å². The summed E-state index contributed by atoms with van der Waals surface area (Å²) >= 11 is 0. The van der Waals surface area contributed by atoms with Crippen molar-refractivity contribution in [1.29, 1.82) is 0 Å². The van der Waals surface area contributed by atoms with Crippen LogP contribution in [0.25, 0.3) is 0 Å². The van der Waals surface area contributed by atoms with Crippen LogP contribution >= 0.6 is 0 Å². The van der Waals surface area contributed by atoms with Gasteiger partial charge < -0.3 is 10.2 Å². The number of piperidine rings is 1. The van der Waals surface area contributed by atoms with E-state index in [2.05, 4.69) is 24.2 Å². The fourth-order valence-corrected chi connectivity index (χ4v) is 2.80. The number of nitrogens with one attached hydrogen (secondary N) is 1. The summed E-state index contributed by atoms with van der Waals surface area (Å²) in [6.07, 6.45) is 5.56. The highest BCUT2D eigenvalue weighted by Gasteiger charge is 2.30. The van der Waals surface area contributed by atoms with Gasteiger partial charge in [0.2, 0.25) is 0 Å². The topological polar surface area (TPSA) is 15.3 Å². The molecule has 2 aliphatic heterocycles. The second-order valence-corrected chi connectivity index (χ2v) is 4.89. The number of hydrogen-bond acceptors (Lipinski definition) is 2. The minimum Gasteiger partial charge on any atom is -0.312 e. The average molecular weight is 198 g/mol. The Kier molecular flexibility index (Phi) is 4.39. The third kappa shape index (κ3) is 2.48. The highest BCUT2D eigenvalue weighted by Crippen LogP contribution is 2.24. The predicted molar refractivity (Wildman–Crippen MR) is 62.6 cm³/mol. The van der Waals surface area contributed by atoms with Crippen molar-refractivity contribution in [2.45, 2.75) is 52.1 Å². The largest absolute Gasteiger partial charge is 0.312 e. The van der Waals surface area contributed by atoms with Gasteiger partial charge in [-0.3, -0.25) is 0 Å². The van der Waals surface area contributed by atoms with Crippen LogP contribution in [0.1, 0.15) is 40.0 Å². The molecule has 1 N–H and O–H groups in total. The zero-order chi connectivity index (χ0) is 9.26. The molecule has 2 heterocycles. The first-order chi connectivity index (χ1) is 6.27. The molecule has 84 valence electrons. The van der Waals surface area contributed by atoms with Gasteiger partial charge in [0.25, 0.3) is 0 Å². The van der Waals surface area contributed by atoms with E-state index in [0.29, 0.717) is 0 Å². The SMILES string of the molecule is C.CC1CCC2C(CCCN2C)NC1. The van der Waals surface area contributed by atoms with E-state index in [1.165, 1.54) is 38.8 Å². The summed E-state index contributed by atoms with van der Waals surface area (Å²) in [4.78, 5) is 2.55. The predicted octanol–water partition coefficient (Wildman–Crippen LogP) is 2.10. The van der Waals surface area contributed by atoms with Crippen molar-refractivity contribution in [2.75, 3.05) is 20.1 Å². The fourth-order valence-electron chi connectivity index (χ4n) is 2.80. The maximum atomic E-state index is 3.72. The van der Waals surface area contributed by atoms with Crippen molar-refractivity contribution in [2.24, 2.45) is 5.92 Å². The maximum Gasteiger partial charge on any atom is 0.0246 e. The standard InChI is InChI=1S/C11H22N2.CH4/c1-9-5-6-11-10(12-8-9)4-3-7-13(11)2;/h9-12H,3-8H2,1-2H3;1H4. The van der Waals surface area contributed by atoms with E-state index >= 15 is 0 Å². The van der Waals surface area contributed by atoms with Gasteiger partial charge in [-0.05, 0) is 51.7 Å². The van der Waals surface area contributed by atoms with E-state index in [0.717, 1.165) is 18.0 Å². The monoisotopic (exact) mass is 198 g/mol. The Bertz CT molecular complexity index is 170. The van der Waals surface area contributed by atoms with Gasteiger partial charge in [-0.25, -0.2) is 0 Å². The first kappa shape index (κ1) is 12.0. The van der Waals surface area contributed by atoms with E-state index in [1.54, 1.807) is 0 Å². The normalized spacial score (nSPS) is 39.4. The fraction of sp³-hybridized carbons (Fsp3) is 1.00. The minimum absolute atomic E-state index is 0. The maximum absolute atomic E-state index is 3.72. The molecule has 2 heteroatoms. The summed E-state index contributed by atoms with van der Waals surface area (Å²) in [5.74, 6) is 0.874. The lowest BCUT2D eigenvalue weighted by molar-refractivity contribution is 0.142.